The smallest absolute Gasteiger partial charge is 0.293 e. The van der Waals surface area contributed by atoms with Gasteiger partial charge in [-0.25, -0.2) is 0 Å². The zero-order chi connectivity index (χ0) is 21.8. The summed E-state index contributed by atoms with van der Waals surface area (Å²) in [5.74, 6) is 0.378. The second-order valence-electron chi connectivity index (χ2n) is 6.82. The Hall–Kier alpha value is -2.54. The predicted molar refractivity (Wildman–Crippen MR) is 128 cm³/mol. The van der Waals surface area contributed by atoms with Crippen molar-refractivity contribution in [2.24, 2.45) is 0 Å². The van der Waals surface area contributed by atoms with E-state index >= 15 is 0 Å². The van der Waals surface area contributed by atoms with Gasteiger partial charge in [-0.3, -0.25) is 14.5 Å². The Balaban J connectivity index is 1.47. The number of nitrogens with zero attached hydrogens (tertiary/aromatic N) is 1. The van der Waals surface area contributed by atoms with Crippen LogP contribution in [0.25, 0.3) is 6.08 Å². The number of imide groups is 1. The van der Waals surface area contributed by atoms with Crippen LogP contribution < -0.4 is 4.74 Å². The summed E-state index contributed by atoms with van der Waals surface area (Å²) < 4.78 is 6.64. The van der Waals surface area contributed by atoms with E-state index in [9.17, 15) is 9.59 Å². The summed E-state index contributed by atoms with van der Waals surface area (Å²) in [5, 5.41) is 0.221. The van der Waals surface area contributed by atoms with Gasteiger partial charge in [0.05, 0.1) is 15.9 Å². The van der Waals surface area contributed by atoms with Gasteiger partial charge in [-0.1, -0.05) is 66.2 Å². The van der Waals surface area contributed by atoms with Crippen molar-refractivity contribution >= 4 is 56.5 Å². The monoisotopic (exact) mass is 513 g/mol. The second-order valence-corrected chi connectivity index (χ2v) is 9.08. The molecule has 0 unspecified atom stereocenters. The lowest BCUT2D eigenvalue weighted by molar-refractivity contribution is -0.123. The van der Waals surface area contributed by atoms with Crippen LogP contribution in [0.3, 0.4) is 0 Å². The third-order valence-corrected chi connectivity index (χ3v) is 6.55. The Morgan fingerprint density at radius 1 is 1.00 bits per heavy atom. The van der Waals surface area contributed by atoms with Gasteiger partial charge in [0.1, 0.15) is 12.4 Å². The zero-order valence-corrected chi connectivity index (χ0v) is 19.4. The second kappa shape index (κ2) is 9.73. The minimum Gasteiger partial charge on any atom is -0.488 e. The summed E-state index contributed by atoms with van der Waals surface area (Å²) in [7, 11) is 0. The maximum absolute atomic E-state index is 12.8. The van der Waals surface area contributed by atoms with Gasteiger partial charge in [-0.15, -0.1) is 0 Å². The van der Waals surface area contributed by atoms with E-state index in [0.29, 0.717) is 22.3 Å². The lowest BCUT2D eigenvalue weighted by atomic mass is 10.2. The first-order valence-corrected chi connectivity index (χ1v) is 11.4. The quantitative estimate of drug-likeness (QED) is 0.335. The summed E-state index contributed by atoms with van der Waals surface area (Å²) in [5.41, 5.74) is 2.60. The van der Waals surface area contributed by atoms with Crippen molar-refractivity contribution in [1.29, 1.82) is 0 Å². The number of carbonyl (C=O) groups excluding carboxylic acids is 2. The number of hydrogen-bond acceptors (Lipinski definition) is 4. The lowest BCUT2D eigenvalue weighted by Gasteiger charge is -2.13. The highest BCUT2D eigenvalue weighted by Crippen LogP contribution is 2.35. The maximum Gasteiger partial charge on any atom is 0.293 e. The van der Waals surface area contributed by atoms with Gasteiger partial charge in [0, 0.05) is 5.02 Å². The van der Waals surface area contributed by atoms with Gasteiger partial charge >= 0.3 is 0 Å². The van der Waals surface area contributed by atoms with Crippen LogP contribution in [0.1, 0.15) is 16.7 Å². The number of ether oxygens (including phenoxy) is 1. The molecule has 31 heavy (non-hydrogen) atoms. The maximum atomic E-state index is 12.8. The molecule has 0 N–H and O–H groups in total. The van der Waals surface area contributed by atoms with Gasteiger partial charge in [-0.05, 0) is 68.7 Å². The number of carbonyl (C=O) groups is 2. The van der Waals surface area contributed by atoms with E-state index in [-0.39, 0.29) is 17.7 Å². The topological polar surface area (TPSA) is 46.6 Å². The summed E-state index contributed by atoms with van der Waals surface area (Å²) in [4.78, 5) is 26.8. The Morgan fingerprint density at radius 2 is 1.74 bits per heavy atom. The fourth-order valence-corrected chi connectivity index (χ4v) is 4.59. The van der Waals surface area contributed by atoms with Crippen LogP contribution in [-0.2, 0) is 17.9 Å². The predicted octanol–water partition coefficient (Wildman–Crippen LogP) is 6.92. The van der Waals surface area contributed by atoms with Crippen LogP contribution in [-0.4, -0.2) is 16.0 Å². The molecule has 3 aromatic rings. The number of halogens is 2. The fraction of sp³-hybridized carbons (Fsp3) is 0.0833. The summed E-state index contributed by atoms with van der Waals surface area (Å²) in [6, 6.07) is 22.6. The van der Waals surface area contributed by atoms with Crippen molar-refractivity contribution in [1.82, 2.24) is 4.90 Å². The van der Waals surface area contributed by atoms with Crippen LogP contribution in [0, 0.1) is 0 Å². The fourth-order valence-electron chi connectivity index (χ4n) is 3.04. The minimum absolute atomic E-state index is 0.150. The first-order valence-electron chi connectivity index (χ1n) is 9.46. The highest BCUT2D eigenvalue weighted by molar-refractivity contribution is 9.10. The van der Waals surface area contributed by atoms with Crippen molar-refractivity contribution in [3.05, 3.63) is 104 Å². The molecule has 1 aliphatic heterocycles. The molecular weight excluding hydrogens is 498 g/mol. The lowest BCUT2D eigenvalue weighted by Crippen LogP contribution is -2.27. The zero-order valence-electron chi connectivity index (χ0n) is 16.3. The van der Waals surface area contributed by atoms with Crippen molar-refractivity contribution in [2.75, 3.05) is 0 Å². The van der Waals surface area contributed by atoms with Crippen molar-refractivity contribution in [3.8, 4) is 5.75 Å². The molecule has 0 saturated carbocycles. The first-order chi connectivity index (χ1) is 15.0. The summed E-state index contributed by atoms with van der Waals surface area (Å²) >= 11 is 10.6. The Labute approximate surface area is 198 Å². The van der Waals surface area contributed by atoms with E-state index in [1.807, 2.05) is 60.7 Å². The number of amides is 2. The van der Waals surface area contributed by atoms with Crippen LogP contribution in [0.4, 0.5) is 4.79 Å². The molecule has 1 heterocycles. The molecule has 0 aromatic heterocycles. The van der Waals surface area contributed by atoms with Crippen LogP contribution >= 0.6 is 39.3 Å². The van der Waals surface area contributed by atoms with Crippen molar-refractivity contribution < 1.29 is 14.3 Å². The Morgan fingerprint density at radius 3 is 2.48 bits per heavy atom. The minimum atomic E-state index is -0.324. The third-order valence-electron chi connectivity index (χ3n) is 4.65. The molecule has 4 rings (SSSR count). The van der Waals surface area contributed by atoms with Gasteiger partial charge in [0.15, 0.2) is 0 Å². The molecule has 0 radical (unpaired) electrons. The number of hydrogen-bond donors (Lipinski definition) is 0. The van der Waals surface area contributed by atoms with Crippen LogP contribution in [0.15, 0.2) is 82.2 Å². The molecule has 1 fully saturated rings. The molecule has 2 amide bonds. The Kier molecular flexibility index (Phi) is 6.80. The van der Waals surface area contributed by atoms with E-state index in [2.05, 4.69) is 15.9 Å². The van der Waals surface area contributed by atoms with Gasteiger partial charge in [0.25, 0.3) is 11.1 Å². The highest BCUT2D eigenvalue weighted by atomic mass is 79.9. The van der Waals surface area contributed by atoms with E-state index in [0.717, 1.165) is 32.9 Å². The van der Waals surface area contributed by atoms with Gasteiger partial charge in [-0.2, -0.15) is 0 Å². The molecule has 3 aromatic carbocycles. The van der Waals surface area contributed by atoms with Gasteiger partial charge in [0.2, 0.25) is 0 Å². The molecule has 0 bridgehead atoms. The SMILES string of the molecule is O=C1S/C(=C/c2ccc(OCc3ccccc3)c(Br)c2)C(=O)N1Cc1ccccc1Cl. The highest BCUT2D eigenvalue weighted by Gasteiger charge is 2.35. The Bertz CT molecular complexity index is 1170. The molecule has 0 spiro atoms. The van der Waals surface area contributed by atoms with E-state index in [1.54, 1.807) is 18.2 Å². The third kappa shape index (κ3) is 5.21. The number of thioether (sulfide) groups is 1. The van der Waals surface area contributed by atoms with Crippen molar-refractivity contribution in [2.45, 2.75) is 13.2 Å². The van der Waals surface area contributed by atoms with E-state index in [1.165, 1.54) is 4.90 Å². The molecule has 156 valence electrons. The summed E-state index contributed by atoms with van der Waals surface area (Å²) in [6.07, 6.45) is 1.71. The molecule has 0 atom stereocenters. The molecular formula is C24H17BrClNO3S. The molecule has 7 heteroatoms. The molecule has 1 saturated heterocycles. The standard InChI is InChI=1S/C24H17BrClNO3S/c25-19-12-17(10-11-21(19)30-15-16-6-2-1-3-7-16)13-22-23(28)27(24(29)31-22)14-18-8-4-5-9-20(18)26/h1-13H,14-15H2/b22-13+. The van der Waals surface area contributed by atoms with Crippen LogP contribution in [0.2, 0.25) is 5.02 Å². The molecule has 1 aliphatic rings. The van der Waals surface area contributed by atoms with Crippen molar-refractivity contribution in [3.63, 3.8) is 0 Å². The number of rotatable bonds is 6. The van der Waals surface area contributed by atoms with Crippen LogP contribution in [0.5, 0.6) is 5.75 Å². The van der Waals surface area contributed by atoms with E-state index in [4.69, 9.17) is 16.3 Å². The molecule has 0 aliphatic carbocycles. The van der Waals surface area contributed by atoms with Gasteiger partial charge < -0.3 is 4.74 Å². The first kappa shape index (κ1) is 21.7. The molecule has 4 nitrogen and oxygen atoms in total. The average molecular weight is 515 g/mol. The average Bonchev–Trinajstić information content (AvgIpc) is 3.03. The largest absolute Gasteiger partial charge is 0.488 e. The number of benzene rings is 3. The summed E-state index contributed by atoms with van der Waals surface area (Å²) in [6.45, 7) is 0.608. The normalized spacial score (nSPS) is 15.0. The van der Waals surface area contributed by atoms with E-state index < -0.39 is 0 Å².